The van der Waals surface area contributed by atoms with E-state index < -0.39 is 30.8 Å². The van der Waals surface area contributed by atoms with Crippen LogP contribution in [-0.2, 0) is 19.1 Å². The van der Waals surface area contributed by atoms with Crippen molar-refractivity contribution in [3.63, 3.8) is 0 Å². The molecule has 0 spiro atoms. The van der Waals surface area contributed by atoms with Crippen LogP contribution in [0.1, 0.15) is 5.56 Å². The molecule has 136 valence electrons. The maximum atomic E-state index is 11.6. The molecular formula is C16H14N2O8. The molecule has 1 heterocycles. The highest BCUT2D eigenvalue weighted by molar-refractivity contribution is 5.96. The second-order valence-corrected chi connectivity index (χ2v) is 4.79. The summed E-state index contributed by atoms with van der Waals surface area (Å²) in [4.78, 5) is 37.1. The van der Waals surface area contributed by atoms with Crippen molar-refractivity contribution in [3.05, 3.63) is 39.7 Å². The number of benzene rings is 1. The summed E-state index contributed by atoms with van der Waals surface area (Å²) in [6, 6.07) is 3.83. The fourth-order valence-corrected chi connectivity index (χ4v) is 1.98. The molecule has 2 rings (SSSR count). The summed E-state index contributed by atoms with van der Waals surface area (Å²) in [5.74, 6) is -1.17. The lowest BCUT2D eigenvalue weighted by molar-refractivity contribution is -0.144. The van der Waals surface area contributed by atoms with Crippen molar-refractivity contribution in [3.8, 4) is 11.5 Å². The predicted octanol–water partition coefficient (Wildman–Crippen LogP) is 0.545. The molecule has 0 aliphatic carbocycles. The normalized spacial score (nSPS) is 9.92. The number of carbonyl (C=O) groups is 2. The molecule has 0 saturated carbocycles. The first-order chi connectivity index (χ1) is 12.5. The third-order valence-electron chi connectivity index (χ3n) is 3.18. The van der Waals surface area contributed by atoms with E-state index in [0.717, 1.165) is 12.3 Å². The van der Waals surface area contributed by atoms with E-state index >= 15 is 0 Å². The first-order valence-electron chi connectivity index (χ1n) is 7.17. The summed E-state index contributed by atoms with van der Waals surface area (Å²) in [6.07, 6.45) is 1.04. The Hall–Kier alpha value is -3.65. The average Bonchev–Trinajstić information content (AvgIpc) is 2.63. The molecule has 10 nitrogen and oxygen atoms in total. The van der Waals surface area contributed by atoms with Gasteiger partial charge in [-0.25, -0.2) is 14.4 Å². The van der Waals surface area contributed by atoms with Crippen molar-refractivity contribution < 1.29 is 37.7 Å². The number of rotatable bonds is 7. The number of nitrogens with zero attached hydrogens (tertiary/aromatic N) is 2. The molecule has 0 aliphatic heterocycles. The van der Waals surface area contributed by atoms with E-state index in [0.29, 0.717) is 5.39 Å². The van der Waals surface area contributed by atoms with Gasteiger partial charge in [-0.2, -0.15) is 4.79 Å². The summed E-state index contributed by atoms with van der Waals surface area (Å²) >= 11 is 0. The van der Waals surface area contributed by atoms with E-state index in [1.165, 1.54) is 26.4 Å². The van der Waals surface area contributed by atoms with Crippen molar-refractivity contribution in [2.24, 2.45) is 0 Å². The molecule has 0 aliphatic rings. The third-order valence-corrected chi connectivity index (χ3v) is 3.18. The van der Waals surface area contributed by atoms with Crippen LogP contribution in [0.25, 0.3) is 16.5 Å². The van der Waals surface area contributed by atoms with Gasteiger partial charge in [-0.05, 0) is 6.07 Å². The highest BCUT2D eigenvalue weighted by Crippen LogP contribution is 2.33. The number of esters is 2. The van der Waals surface area contributed by atoms with Crippen LogP contribution in [0.5, 0.6) is 11.5 Å². The zero-order valence-corrected chi connectivity index (χ0v) is 13.9. The lowest BCUT2D eigenvalue weighted by atomic mass is 10.1. The molecule has 0 N–H and O–H groups in total. The number of fused-ring (bicyclic) bond motifs is 1. The van der Waals surface area contributed by atoms with Crippen molar-refractivity contribution in [2.75, 3.05) is 27.4 Å². The fraction of sp³-hybridized carbons (Fsp3) is 0.250. The number of methoxy groups -OCH3 is 2. The third kappa shape index (κ3) is 4.46. The molecule has 1 aromatic carbocycles. The Balaban J connectivity index is 2.53. The topological polar surface area (TPSA) is 138 Å². The SMILES string of the molecule is COC(=O)COc1cc2oc(=O)cc(C=[N+]=[N-])c2cc1OCC(=O)OC. The van der Waals surface area contributed by atoms with Gasteiger partial charge in [0.2, 0.25) is 0 Å². The van der Waals surface area contributed by atoms with Crippen LogP contribution in [0, 0.1) is 0 Å². The van der Waals surface area contributed by atoms with E-state index in [4.69, 9.17) is 19.4 Å². The predicted molar refractivity (Wildman–Crippen MR) is 86.3 cm³/mol. The number of hydrogen-bond acceptors (Lipinski definition) is 8. The average molecular weight is 362 g/mol. The Bertz CT molecular complexity index is 943. The van der Waals surface area contributed by atoms with E-state index in [9.17, 15) is 14.4 Å². The van der Waals surface area contributed by atoms with Crippen LogP contribution >= 0.6 is 0 Å². The number of carbonyl (C=O) groups excluding carboxylic acids is 2. The van der Waals surface area contributed by atoms with Gasteiger partial charge in [0, 0.05) is 17.5 Å². The van der Waals surface area contributed by atoms with E-state index in [2.05, 4.69) is 14.3 Å². The lowest BCUT2D eigenvalue weighted by Crippen LogP contribution is -2.15. The molecule has 10 heteroatoms. The van der Waals surface area contributed by atoms with Crippen LogP contribution in [0.4, 0.5) is 0 Å². The summed E-state index contributed by atoms with van der Waals surface area (Å²) in [5, 5.41) is 0.354. The van der Waals surface area contributed by atoms with Gasteiger partial charge < -0.3 is 28.9 Å². The van der Waals surface area contributed by atoms with Crippen molar-refractivity contribution in [2.45, 2.75) is 0 Å². The van der Waals surface area contributed by atoms with Crippen molar-refractivity contribution in [1.29, 1.82) is 0 Å². The monoisotopic (exact) mass is 362 g/mol. The highest BCUT2D eigenvalue weighted by Gasteiger charge is 2.16. The maximum Gasteiger partial charge on any atom is 0.343 e. The minimum absolute atomic E-state index is 0.0352. The van der Waals surface area contributed by atoms with Gasteiger partial charge in [0.05, 0.1) is 19.8 Å². The molecule has 0 amide bonds. The van der Waals surface area contributed by atoms with Crippen molar-refractivity contribution in [1.82, 2.24) is 0 Å². The summed E-state index contributed by atoms with van der Waals surface area (Å²) in [7, 11) is 2.39. The van der Waals surface area contributed by atoms with Crippen molar-refractivity contribution >= 4 is 29.1 Å². The summed E-state index contributed by atoms with van der Waals surface area (Å²) in [5.41, 5.74) is 8.40. The molecule has 0 fully saturated rings. The molecule has 0 radical (unpaired) electrons. The Morgan fingerprint density at radius 2 is 1.65 bits per heavy atom. The molecule has 0 bridgehead atoms. The fourth-order valence-electron chi connectivity index (χ4n) is 1.98. The molecule has 2 aromatic rings. The van der Waals surface area contributed by atoms with Crippen LogP contribution in [0.2, 0.25) is 0 Å². The Kier molecular flexibility index (Phi) is 6.07. The molecule has 26 heavy (non-hydrogen) atoms. The van der Waals surface area contributed by atoms with Crippen LogP contribution in [0.3, 0.4) is 0 Å². The van der Waals surface area contributed by atoms with Crippen LogP contribution in [0.15, 0.2) is 27.4 Å². The molecule has 0 unspecified atom stereocenters. The second kappa shape index (κ2) is 8.45. The molecule has 0 atom stereocenters. The Labute approximate surface area is 146 Å². The van der Waals surface area contributed by atoms with E-state index in [-0.39, 0.29) is 22.6 Å². The zero-order valence-electron chi connectivity index (χ0n) is 13.9. The first kappa shape index (κ1) is 18.7. The van der Waals surface area contributed by atoms with Gasteiger partial charge in [-0.3, -0.25) is 0 Å². The van der Waals surface area contributed by atoms with Crippen LogP contribution < -0.4 is 15.1 Å². The van der Waals surface area contributed by atoms with Gasteiger partial charge in [-0.15, -0.1) is 0 Å². The molecular weight excluding hydrogens is 348 g/mol. The standard InChI is InChI=1S/C16H14N2O8/c1-22-15(20)7-24-12-4-10-9(6-18-17)3-14(19)26-11(10)5-13(12)25-8-16(21)23-2/h3-6H,7-8H2,1-2H3. The van der Waals surface area contributed by atoms with Gasteiger partial charge in [-0.1, -0.05) is 0 Å². The van der Waals surface area contributed by atoms with E-state index in [1.807, 2.05) is 0 Å². The number of hydrogen-bond donors (Lipinski definition) is 0. The maximum absolute atomic E-state index is 11.6. The highest BCUT2D eigenvalue weighted by atomic mass is 16.6. The summed E-state index contributed by atoms with van der Waals surface area (Å²) in [6.45, 7) is -0.852. The van der Waals surface area contributed by atoms with Gasteiger partial charge in [0.15, 0.2) is 24.7 Å². The minimum Gasteiger partial charge on any atom is -0.478 e. The molecule has 1 aromatic heterocycles. The van der Waals surface area contributed by atoms with E-state index in [1.54, 1.807) is 0 Å². The lowest BCUT2D eigenvalue weighted by Gasteiger charge is -2.13. The smallest absolute Gasteiger partial charge is 0.343 e. The second-order valence-electron chi connectivity index (χ2n) is 4.79. The van der Waals surface area contributed by atoms with Crippen LogP contribution in [-0.4, -0.2) is 50.4 Å². The number of ether oxygens (including phenoxy) is 4. The quantitative estimate of drug-likeness (QED) is 0.229. The van der Waals surface area contributed by atoms with Gasteiger partial charge in [0.25, 0.3) is 6.21 Å². The van der Waals surface area contributed by atoms with Gasteiger partial charge >= 0.3 is 17.6 Å². The zero-order chi connectivity index (χ0) is 19.1. The first-order valence-corrected chi connectivity index (χ1v) is 7.17. The minimum atomic E-state index is -0.686. The Morgan fingerprint density at radius 1 is 1.08 bits per heavy atom. The molecule has 0 saturated heterocycles. The van der Waals surface area contributed by atoms with Gasteiger partial charge in [0.1, 0.15) is 5.58 Å². The largest absolute Gasteiger partial charge is 0.478 e. The Morgan fingerprint density at radius 3 is 2.19 bits per heavy atom. The summed E-state index contributed by atoms with van der Waals surface area (Å²) < 4.78 is 24.7.